The van der Waals surface area contributed by atoms with Crippen LogP contribution in [0, 0.1) is 0 Å². The molecule has 6 rings (SSSR count). The maximum absolute atomic E-state index is 2.35. The first kappa shape index (κ1) is 26.0. The highest BCUT2D eigenvalue weighted by Crippen LogP contribution is 2.38. The maximum atomic E-state index is 2.35. The SMILES string of the molecule is CCN(c1ccc(N(c2ccccc2)c2ccccc2)cc1)c1ccc(N(c2ccccc2)c2ccccc2)cc1. The van der Waals surface area contributed by atoms with Gasteiger partial charge >= 0.3 is 0 Å². The van der Waals surface area contributed by atoms with E-state index in [4.69, 9.17) is 0 Å². The van der Waals surface area contributed by atoms with E-state index in [1.807, 2.05) is 0 Å². The minimum atomic E-state index is 0.862. The molecule has 0 aliphatic heterocycles. The standard InChI is InChI=1S/C38H33N3/c1-2-39(31-23-27-37(28-24-31)40(33-15-7-3-8-16-33)34-17-9-4-10-18-34)32-25-29-38(30-26-32)41(35-19-11-5-12-20-35)36-21-13-6-14-22-36/h3-30H,2H2,1H3. The van der Waals surface area contributed by atoms with E-state index in [-0.39, 0.29) is 0 Å². The number of benzene rings is 6. The van der Waals surface area contributed by atoms with Crippen LogP contribution >= 0.6 is 0 Å². The van der Waals surface area contributed by atoms with Gasteiger partial charge in [0.05, 0.1) is 0 Å². The number of nitrogens with zero attached hydrogens (tertiary/aromatic N) is 3. The van der Waals surface area contributed by atoms with Crippen molar-refractivity contribution in [2.75, 3.05) is 21.2 Å². The molecular weight excluding hydrogens is 498 g/mol. The van der Waals surface area contributed by atoms with Gasteiger partial charge in [-0.2, -0.15) is 0 Å². The van der Waals surface area contributed by atoms with Crippen LogP contribution in [0.15, 0.2) is 170 Å². The summed E-state index contributed by atoms with van der Waals surface area (Å²) in [4.78, 5) is 6.92. The number of rotatable bonds is 9. The molecule has 0 fully saturated rings. The van der Waals surface area contributed by atoms with Crippen molar-refractivity contribution in [1.29, 1.82) is 0 Å². The molecule has 0 spiro atoms. The van der Waals surface area contributed by atoms with Gasteiger partial charge in [0.1, 0.15) is 0 Å². The zero-order valence-corrected chi connectivity index (χ0v) is 23.2. The molecule has 0 atom stereocenters. The van der Waals surface area contributed by atoms with E-state index in [0.717, 1.165) is 52.0 Å². The predicted octanol–water partition coefficient (Wildman–Crippen LogP) is 10.8. The van der Waals surface area contributed by atoms with Gasteiger partial charge in [-0.1, -0.05) is 72.8 Å². The molecule has 0 aliphatic rings. The van der Waals surface area contributed by atoms with E-state index in [2.05, 4.69) is 191 Å². The van der Waals surface area contributed by atoms with Crippen LogP contribution in [0.4, 0.5) is 45.5 Å². The summed E-state index contributed by atoms with van der Waals surface area (Å²) in [5.74, 6) is 0. The van der Waals surface area contributed by atoms with E-state index >= 15 is 0 Å². The third-order valence-corrected chi connectivity index (χ3v) is 7.21. The number of para-hydroxylation sites is 4. The largest absolute Gasteiger partial charge is 0.342 e. The zero-order valence-electron chi connectivity index (χ0n) is 23.2. The Labute approximate surface area is 243 Å². The molecule has 3 heteroatoms. The van der Waals surface area contributed by atoms with Crippen LogP contribution in [-0.2, 0) is 0 Å². The Bertz CT molecular complexity index is 1430. The summed E-state index contributed by atoms with van der Waals surface area (Å²) in [5.41, 5.74) is 9.11. The smallest absolute Gasteiger partial charge is 0.0463 e. The molecule has 0 saturated carbocycles. The lowest BCUT2D eigenvalue weighted by Crippen LogP contribution is -2.17. The zero-order chi connectivity index (χ0) is 27.9. The van der Waals surface area contributed by atoms with Crippen molar-refractivity contribution in [2.24, 2.45) is 0 Å². The first-order valence-electron chi connectivity index (χ1n) is 14.1. The van der Waals surface area contributed by atoms with E-state index in [1.54, 1.807) is 0 Å². The topological polar surface area (TPSA) is 9.72 Å². The third kappa shape index (κ3) is 5.70. The van der Waals surface area contributed by atoms with Crippen LogP contribution < -0.4 is 14.7 Å². The van der Waals surface area contributed by atoms with E-state index in [9.17, 15) is 0 Å². The van der Waals surface area contributed by atoms with Gasteiger partial charge < -0.3 is 14.7 Å². The van der Waals surface area contributed by atoms with Crippen LogP contribution in [-0.4, -0.2) is 6.54 Å². The van der Waals surface area contributed by atoms with Crippen LogP contribution in [0.2, 0.25) is 0 Å². The molecule has 0 radical (unpaired) electrons. The molecule has 6 aromatic carbocycles. The fraction of sp³-hybridized carbons (Fsp3) is 0.0526. The Morgan fingerprint density at radius 3 is 0.756 bits per heavy atom. The Morgan fingerprint density at radius 2 is 0.512 bits per heavy atom. The normalized spacial score (nSPS) is 10.7. The predicted molar refractivity (Wildman–Crippen MR) is 175 cm³/mol. The Kier molecular flexibility index (Phi) is 7.77. The minimum absolute atomic E-state index is 0.862. The maximum Gasteiger partial charge on any atom is 0.0463 e. The van der Waals surface area contributed by atoms with Crippen LogP contribution in [0.25, 0.3) is 0 Å². The molecule has 0 N–H and O–H groups in total. The number of hydrogen-bond acceptors (Lipinski definition) is 3. The molecule has 0 bridgehead atoms. The molecule has 6 aromatic rings. The molecular formula is C38H33N3. The molecule has 200 valence electrons. The van der Waals surface area contributed by atoms with Crippen LogP contribution in [0.1, 0.15) is 6.92 Å². The molecule has 0 aliphatic carbocycles. The molecule has 3 nitrogen and oxygen atoms in total. The first-order valence-corrected chi connectivity index (χ1v) is 14.1. The van der Waals surface area contributed by atoms with Gasteiger partial charge in [0, 0.05) is 52.0 Å². The summed E-state index contributed by atoms with van der Waals surface area (Å²) >= 11 is 0. The van der Waals surface area contributed by atoms with E-state index in [1.165, 1.54) is 0 Å². The molecule has 0 unspecified atom stereocenters. The Balaban J connectivity index is 1.29. The summed E-state index contributed by atoms with van der Waals surface area (Å²) in [6.07, 6.45) is 0. The lowest BCUT2D eigenvalue weighted by atomic mass is 10.1. The second-order valence-corrected chi connectivity index (χ2v) is 9.79. The molecule has 0 amide bonds. The summed E-state index contributed by atoms with van der Waals surface area (Å²) < 4.78 is 0. The van der Waals surface area contributed by atoms with Crippen molar-refractivity contribution in [3.8, 4) is 0 Å². The van der Waals surface area contributed by atoms with Crippen molar-refractivity contribution in [1.82, 2.24) is 0 Å². The highest BCUT2D eigenvalue weighted by atomic mass is 15.2. The average molecular weight is 532 g/mol. The second kappa shape index (κ2) is 12.3. The van der Waals surface area contributed by atoms with Crippen LogP contribution in [0.3, 0.4) is 0 Å². The monoisotopic (exact) mass is 531 g/mol. The van der Waals surface area contributed by atoms with Crippen molar-refractivity contribution in [2.45, 2.75) is 6.92 Å². The number of hydrogen-bond donors (Lipinski definition) is 0. The first-order chi connectivity index (χ1) is 20.3. The second-order valence-electron chi connectivity index (χ2n) is 9.79. The van der Waals surface area contributed by atoms with Gasteiger partial charge in [-0.3, -0.25) is 0 Å². The van der Waals surface area contributed by atoms with Crippen molar-refractivity contribution < 1.29 is 0 Å². The summed E-state index contributed by atoms with van der Waals surface area (Å²) in [5, 5.41) is 0. The van der Waals surface area contributed by atoms with Gasteiger partial charge in [-0.15, -0.1) is 0 Å². The highest BCUT2D eigenvalue weighted by Gasteiger charge is 2.15. The Hall–Kier alpha value is -5.28. The highest BCUT2D eigenvalue weighted by molar-refractivity contribution is 5.80. The van der Waals surface area contributed by atoms with E-state index in [0.29, 0.717) is 0 Å². The molecule has 41 heavy (non-hydrogen) atoms. The van der Waals surface area contributed by atoms with Gasteiger partial charge in [0.15, 0.2) is 0 Å². The van der Waals surface area contributed by atoms with Gasteiger partial charge in [0.2, 0.25) is 0 Å². The van der Waals surface area contributed by atoms with Gasteiger partial charge in [-0.25, -0.2) is 0 Å². The fourth-order valence-corrected chi connectivity index (χ4v) is 5.28. The summed E-state index contributed by atoms with van der Waals surface area (Å²) in [7, 11) is 0. The lowest BCUT2D eigenvalue weighted by Gasteiger charge is -2.28. The van der Waals surface area contributed by atoms with Gasteiger partial charge in [-0.05, 0) is 104 Å². The van der Waals surface area contributed by atoms with Gasteiger partial charge in [0.25, 0.3) is 0 Å². The number of anilines is 8. The molecule has 0 saturated heterocycles. The third-order valence-electron chi connectivity index (χ3n) is 7.21. The molecule has 0 aromatic heterocycles. The Morgan fingerprint density at radius 1 is 0.293 bits per heavy atom. The summed E-state index contributed by atoms with van der Waals surface area (Å²) in [6, 6.07) is 59.7. The van der Waals surface area contributed by atoms with Crippen molar-refractivity contribution in [3.05, 3.63) is 170 Å². The summed E-state index contributed by atoms with van der Waals surface area (Å²) in [6.45, 7) is 3.06. The fourth-order valence-electron chi connectivity index (χ4n) is 5.28. The van der Waals surface area contributed by atoms with E-state index < -0.39 is 0 Å². The molecule has 0 heterocycles. The average Bonchev–Trinajstić information content (AvgIpc) is 3.05. The quantitative estimate of drug-likeness (QED) is 0.184. The van der Waals surface area contributed by atoms with Crippen LogP contribution in [0.5, 0.6) is 0 Å². The van der Waals surface area contributed by atoms with Crippen molar-refractivity contribution in [3.63, 3.8) is 0 Å². The minimum Gasteiger partial charge on any atom is -0.342 e. The lowest BCUT2D eigenvalue weighted by molar-refractivity contribution is 1.02. The van der Waals surface area contributed by atoms with Crippen molar-refractivity contribution >= 4 is 45.5 Å².